The Morgan fingerprint density at radius 1 is 1.61 bits per heavy atom. The molecular formula is C13H21N3O2. The zero-order valence-electron chi connectivity index (χ0n) is 10.9. The van der Waals surface area contributed by atoms with E-state index in [-0.39, 0.29) is 12.0 Å². The van der Waals surface area contributed by atoms with Gasteiger partial charge in [0, 0.05) is 24.4 Å². The van der Waals surface area contributed by atoms with Crippen LogP contribution in [-0.4, -0.2) is 59.9 Å². The fourth-order valence-electron chi connectivity index (χ4n) is 2.88. The number of aromatic nitrogens is 2. The summed E-state index contributed by atoms with van der Waals surface area (Å²) in [5.74, 6) is 1.43. The minimum Gasteiger partial charge on any atom is -0.395 e. The second-order valence-corrected chi connectivity index (χ2v) is 5.72. The van der Waals surface area contributed by atoms with E-state index in [1.54, 1.807) is 0 Å². The fraction of sp³-hybridized carbons (Fsp3) is 0.769. The lowest BCUT2D eigenvalue weighted by molar-refractivity contribution is -0.0881. The molecule has 18 heavy (non-hydrogen) atoms. The Balaban J connectivity index is 1.76. The molecule has 1 unspecified atom stereocenters. The monoisotopic (exact) mass is 251 g/mol. The van der Waals surface area contributed by atoms with Gasteiger partial charge in [0.15, 0.2) is 0 Å². The van der Waals surface area contributed by atoms with Crippen molar-refractivity contribution in [1.29, 1.82) is 0 Å². The first-order valence-electron chi connectivity index (χ1n) is 6.66. The molecule has 2 aliphatic rings. The standard InChI is InChI=1S/C13H21N3O2/c1-16-4-2-3-10(6-16)11-5-14-12(15-11)13(7-17)8-18-9-13/h5,10,17H,2-4,6-9H2,1H3,(H,14,15). The van der Waals surface area contributed by atoms with Crippen LogP contribution in [-0.2, 0) is 10.2 Å². The van der Waals surface area contributed by atoms with Gasteiger partial charge in [0.05, 0.1) is 25.2 Å². The molecule has 2 aliphatic heterocycles. The molecule has 3 heterocycles. The summed E-state index contributed by atoms with van der Waals surface area (Å²) in [6.07, 6.45) is 4.40. The minimum absolute atomic E-state index is 0.102. The number of aliphatic hydroxyl groups is 1. The number of aliphatic hydroxyl groups excluding tert-OH is 1. The molecular weight excluding hydrogens is 230 g/mol. The molecule has 1 aromatic heterocycles. The number of nitrogens with zero attached hydrogens (tertiary/aromatic N) is 2. The molecule has 0 amide bonds. The molecule has 1 atom stereocenters. The predicted octanol–water partition coefficient (Wildman–Crippen LogP) is 0.479. The Hall–Kier alpha value is -0.910. The molecule has 100 valence electrons. The number of nitrogens with one attached hydrogen (secondary N) is 1. The maximum atomic E-state index is 9.50. The van der Waals surface area contributed by atoms with E-state index in [9.17, 15) is 5.11 Å². The van der Waals surface area contributed by atoms with Crippen molar-refractivity contribution in [2.45, 2.75) is 24.2 Å². The van der Waals surface area contributed by atoms with Gasteiger partial charge < -0.3 is 19.7 Å². The number of ether oxygens (including phenoxy) is 1. The highest BCUT2D eigenvalue weighted by Gasteiger charge is 2.42. The van der Waals surface area contributed by atoms with E-state index in [2.05, 4.69) is 21.9 Å². The highest BCUT2D eigenvalue weighted by atomic mass is 16.5. The molecule has 0 aliphatic carbocycles. The largest absolute Gasteiger partial charge is 0.395 e. The summed E-state index contributed by atoms with van der Waals surface area (Å²) >= 11 is 0. The van der Waals surface area contributed by atoms with Crippen LogP contribution in [0.25, 0.3) is 0 Å². The maximum Gasteiger partial charge on any atom is 0.119 e. The Bertz CT molecular complexity index is 409. The van der Waals surface area contributed by atoms with Gasteiger partial charge in [-0.2, -0.15) is 0 Å². The van der Waals surface area contributed by atoms with Gasteiger partial charge in [0.1, 0.15) is 5.82 Å². The summed E-state index contributed by atoms with van der Waals surface area (Å²) < 4.78 is 5.23. The number of hydrogen-bond acceptors (Lipinski definition) is 4. The highest BCUT2D eigenvalue weighted by Crippen LogP contribution is 2.32. The zero-order valence-corrected chi connectivity index (χ0v) is 10.9. The third-order valence-electron chi connectivity index (χ3n) is 4.22. The molecule has 2 fully saturated rings. The molecule has 2 saturated heterocycles. The van der Waals surface area contributed by atoms with Crippen LogP contribution in [0.5, 0.6) is 0 Å². The van der Waals surface area contributed by atoms with Gasteiger partial charge in [-0.05, 0) is 26.4 Å². The van der Waals surface area contributed by atoms with E-state index in [1.165, 1.54) is 25.1 Å². The van der Waals surface area contributed by atoms with Crippen molar-refractivity contribution in [2.75, 3.05) is 40.0 Å². The van der Waals surface area contributed by atoms with Crippen molar-refractivity contribution < 1.29 is 9.84 Å². The summed E-state index contributed by atoms with van der Waals surface area (Å²) in [5.41, 5.74) is 0.926. The summed E-state index contributed by atoms with van der Waals surface area (Å²) in [4.78, 5) is 10.3. The van der Waals surface area contributed by atoms with E-state index >= 15 is 0 Å². The lowest BCUT2D eigenvalue weighted by Gasteiger charge is -2.38. The van der Waals surface area contributed by atoms with E-state index in [0.29, 0.717) is 19.1 Å². The predicted molar refractivity (Wildman–Crippen MR) is 67.6 cm³/mol. The van der Waals surface area contributed by atoms with Crippen LogP contribution in [0.1, 0.15) is 30.3 Å². The molecule has 5 heteroatoms. The second-order valence-electron chi connectivity index (χ2n) is 5.72. The van der Waals surface area contributed by atoms with Gasteiger partial charge >= 0.3 is 0 Å². The topological polar surface area (TPSA) is 61.4 Å². The molecule has 0 aromatic carbocycles. The molecule has 3 rings (SSSR count). The van der Waals surface area contributed by atoms with E-state index in [1.807, 2.05) is 6.20 Å². The Kier molecular flexibility index (Phi) is 3.13. The third kappa shape index (κ3) is 1.96. The quantitative estimate of drug-likeness (QED) is 0.820. The van der Waals surface area contributed by atoms with Gasteiger partial charge in [0.25, 0.3) is 0 Å². The lowest BCUT2D eigenvalue weighted by atomic mass is 9.86. The molecule has 5 nitrogen and oxygen atoms in total. The second kappa shape index (κ2) is 4.64. The van der Waals surface area contributed by atoms with Crippen molar-refractivity contribution >= 4 is 0 Å². The van der Waals surface area contributed by atoms with E-state index < -0.39 is 0 Å². The van der Waals surface area contributed by atoms with Gasteiger partial charge in [-0.15, -0.1) is 0 Å². The van der Waals surface area contributed by atoms with Crippen molar-refractivity contribution in [2.24, 2.45) is 0 Å². The molecule has 0 bridgehead atoms. The maximum absolute atomic E-state index is 9.50. The number of H-pyrrole nitrogens is 1. The van der Waals surface area contributed by atoms with Crippen LogP contribution in [0.15, 0.2) is 6.20 Å². The number of hydrogen-bond donors (Lipinski definition) is 2. The molecule has 1 aromatic rings. The number of likely N-dealkylation sites (N-methyl/N-ethyl adjacent to an activating group) is 1. The smallest absolute Gasteiger partial charge is 0.119 e. The average Bonchev–Trinajstić information content (AvgIpc) is 2.78. The number of rotatable bonds is 3. The minimum atomic E-state index is -0.279. The van der Waals surface area contributed by atoms with Crippen LogP contribution in [0.2, 0.25) is 0 Å². The number of piperidine rings is 1. The van der Waals surface area contributed by atoms with Crippen molar-refractivity contribution in [1.82, 2.24) is 14.9 Å². The summed E-state index contributed by atoms with van der Waals surface area (Å²) in [6, 6.07) is 0. The Morgan fingerprint density at radius 2 is 2.44 bits per heavy atom. The molecule has 0 radical (unpaired) electrons. The molecule has 2 N–H and O–H groups in total. The normalized spacial score (nSPS) is 28.0. The number of likely N-dealkylation sites (tertiary alicyclic amines) is 1. The number of aromatic amines is 1. The summed E-state index contributed by atoms with van der Waals surface area (Å²) in [5, 5.41) is 9.50. The first kappa shape index (κ1) is 12.1. The number of imidazole rings is 1. The first-order chi connectivity index (χ1) is 8.73. The van der Waals surface area contributed by atoms with Crippen LogP contribution in [0, 0.1) is 0 Å². The van der Waals surface area contributed by atoms with Gasteiger partial charge in [0.2, 0.25) is 0 Å². The fourth-order valence-corrected chi connectivity index (χ4v) is 2.88. The SMILES string of the molecule is CN1CCCC(c2cnc(C3(CO)COC3)[nH]2)C1. The zero-order chi connectivity index (χ0) is 12.6. The van der Waals surface area contributed by atoms with Crippen LogP contribution >= 0.6 is 0 Å². The molecule has 0 spiro atoms. The lowest BCUT2D eigenvalue weighted by Crippen LogP contribution is -2.50. The van der Waals surface area contributed by atoms with Crippen molar-refractivity contribution in [3.8, 4) is 0 Å². The van der Waals surface area contributed by atoms with Gasteiger partial charge in [-0.1, -0.05) is 0 Å². The Morgan fingerprint density at radius 3 is 3.06 bits per heavy atom. The van der Waals surface area contributed by atoms with Gasteiger partial charge in [-0.25, -0.2) is 4.98 Å². The van der Waals surface area contributed by atoms with E-state index in [4.69, 9.17) is 4.74 Å². The first-order valence-corrected chi connectivity index (χ1v) is 6.66. The van der Waals surface area contributed by atoms with Crippen molar-refractivity contribution in [3.63, 3.8) is 0 Å². The summed E-state index contributed by atoms with van der Waals surface area (Å²) in [6.45, 7) is 3.52. The van der Waals surface area contributed by atoms with E-state index in [0.717, 1.165) is 12.4 Å². The van der Waals surface area contributed by atoms with Crippen LogP contribution < -0.4 is 0 Å². The third-order valence-corrected chi connectivity index (χ3v) is 4.22. The van der Waals surface area contributed by atoms with Crippen LogP contribution in [0.3, 0.4) is 0 Å². The average molecular weight is 251 g/mol. The van der Waals surface area contributed by atoms with Crippen molar-refractivity contribution in [3.05, 3.63) is 17.7 Å². The Labute approximate surface area is 107 Å². The molecule has 0 saturated carbocycles. The highest BCUT2D eigenvalue weighted by molar-refractivity contribution is 5.18. The van der Waals surface area contributed by atoms with Crippen LogP contribution in [0.4, 0.5) is 0 Å². The van der Waals surface area contributed by atoms with Gasteiger partial charge in [-0.3, -0.25) is 0 Å². The summed E-state index contributed by atoms with van der Waals surface area (Å²) in [7, 11) is 2.17.